The number of ether oxygens (including phenoxy) is 1. The van der Waals surface area contributed by atoms with Gasteiger partial charge < -0.3 is 20.3 Å². The number of carbonyl (C=O) groups is 2. The molecule has 0 saturated carbocycles. The number of nitrogens with zero attached hydrogens (tertiary/aromatic N) is 1. The monoisotopic (exact) mass is 407 g/mol. The second-order valence-corrected chi connectivity index (χ2v) is 7.58. The second-order valence-electron chi connectivity index (χ2n) is 7.58. The molecule has 0 unspecified atom stereocenters. The smallest absolute Gasteiger partial charge is 0.253 e. The fraction of sp³-hybridized carbons (Fsp3) is 0.333. The minimum Gasteiger partial charge on any atom is -0.487 e. The molecule has 0 spiro atoms. The van der Waals surface area contributed by atoms with Crippen molar-refractivity contribution >= 4 is 23.2 Å². The predicted octanol–water partition coefficient (Wildman–Crippen LogP) is 4.32. The molecule has 1 fully saturated rings. The highest BCUT2D eigenvalue weighted by atomic mass is 16.5. The third-order valence-electron chi connectivity index (χ3n) is 4.84. The van der Waals surface area contributed by atoms with Gasteiger partial charge in [0.2, 0.25) is 5.91 Å². The fourth-order valence-corrected chi connectivity index (χ4v) is 3.32. The van der Waals surface area contributed by atoms with E-state index in [1.807, 2.05) is 48.2 Å². The zero-order valence-corrected chi connectivity index (χ0v) is 17.4. The van der Waals surface area contributed by atoms with Gasteiger partial charge in [0.15, 0.2) is 0 Å². The molecule has 0 atom stereocenters. The van der Waals surface area contributed by atoms with E-state index in [2.05, 4.69) is 17.2 Å². The molecule has 1 aliphatic heterocycles. The molecule has 0 aliphatic carbocycles. The molecule has 2 aromatic rings. The molecule has 1 aliphatic rings. The molecule has 2 amide bonds. The van der Waals surface area contributed by atoms with E-state index in [0.717, 1.165) is 37.2 Å². The summed E-state index contributed by atoms with van der Waals surface area (Å²) in [6, 6.07) is 14.6. The van der Waals surface area contributed by atoms with Gasteiger partial charge in [-0.15, -0.1) is 0 Å². The molecular weight excluding hydrogens is 378 g/mol. The number of amides is 2. The molecule has 6 nitrogen and oxygen atoms in total. The van der Waals surface area contributed by atoms with Gasteiger partial charge in [0.05, 0.1) is 12.2 Å². The summed E-state index contributed by atoms with van der Waals surface area (Å²) in [7, 11) is 0. The Hall–Kier alpha value is -3.28. The van der Waals surface area contributed by atoms with Gasteiger partial charge in [0.25, 0.3) is 5.91 Å². The summed E-state index contributed by atoms with van der Waals surface area (Å²) < 4.78 is 5.69. The number of anilines is 2. The van der Waals surface area contributed by atoms with Crippen LogP contribution in [0.1, 0.15) is 36.5 Å². The Bertz CT molecular complexity index is 904. The Morgan fingerprint density at radius 3 is 2.60 bits per heavy atom. The summed E-state index contributed by atoms with van der Waals surface area (Å²) in [5, 5.41) is 5.96. The van der Waals surface area contributed by atoms with Crippen molar-refractivity contribution in [3.8, 4) is 5.75 Å². The molecule has 6 heteroatoms. The third-order valence-corrected chi connectivity index (χ3v) is 4.84. The number of hydrogen-bond acceptors (Lipinski definition) is 4. The number of para-hydroxylation sites is 2. The molecule has 2 N–H and O–H groups in total. The maximum atomic E-state index is 12.7. The average molecular weight is 408 g/mol. The number of benzene rings is 2. The first-order valence-corrected chi connectivity index (χ1v) is 10.3. The summed E-state index contributed by atoms with van der Waals surface area (Å²) in [6.45, 7) is 7.80. The van der Waals surface area contributed by atoms with E-state index >= 15 is 0 Å². The number of hydrogen-bond donors (Lipinski definition) is 2. The molecule has 30 heavy (non-hydrogen) atoms. The van der Waals surface area contributed by atoms with Crippen LogP contribution in [0.3, 0.4) is 0 Å². The van der Waals surface area contributed by atoms with Crippen LogP contribution < -0.4 is 15.4 Å². The number of rotatable bonds is 8. The minimum absolute atomic E-state index is 0.0476. The molecule has 158 valence electrons. The van der Waals surface area contributed by atoms with E-state index in [9.17, 15) is 9.59 Å². The van der Waals surface area contributed by atoms with Gasteiger partial charge in [0, 0.05) is 24.3 Å². The Kier molecular flexibility index (Phi) is 7.49. The van der Waals surface area contributed by atoms with Crippen molar-refractivity contribution in [2.24, 2.45) is 0 Å². The number of nitrogens with one attached hydrogen (secondary N) is 2. The van der Waals surface area contributed by atoms with Gasteiger partial charge in [-0.1, -0.05) is 24.8 Å². The lowest BCUT2D eigenvalue weighted by Crippen LogP contribution is -2.35. The van der Waals surface area contributed by atoms with E-state index < -0.39 is 0 Å². The van der Waals surface area contributed by atoms with Crippen LogP contribution in [0.4, 0.5) is 11.4 Å². The summed E-state index contributed by atoms with van der Waals surface area (Å²) in [5.74, 6) is 0.448. The maximum absolute atomic E-state index is 12.7. The quantitative estimate of drug-likeness (QED) is 0.640. The first-order chi connectivity index (χ1) is 14.5. The van der Waals surface area contributed by atoms with Crippen molar-refractivity contribution in [3.05, 3.63) is 66.2 Å². The molecular formula is C24H29N3O3. The number of likely N-dealkylation sites (tertiary alicyclic amines) is 1. The SMILES string of the molecule is C=C(C)COc1ccccc1NC(=O)CNc1cccc(C(=O)N2CCCCC2)c1. The van der Waals surface area contributed by atoms with Crippen molar-refractivity contribution in [3.63, 3.8) is 0 Å². The van der Waals surface area contributed by atoms with Gasteiger partial charge in [0.1, 0.15) is 12.4 Å². The topological polar surface area (TPSA) is 70.7 Å². The summed E-state index contributed by atoms with van der Waals surface area (Å²) >= 11 is 0. The first kappa shape index (κ1) is 21.4. The van der Waals surface area contributed by atoms with Crippen molar-refractivity contribution in [2.45, 2.75) is 26.2 Å². The van der Waals surface area contributed by atoms with Gasteiger partial charge in [-0.2, -0.15) is 0 Å². The van der Waals surface area contributed by atoms with Gasteiger partial charge in [-0.25, -0.2) is 0 Å². The Labute approximate surface area is 177 Å². The minimum atomic E-state index is -0.200. The number of carbonyl (C=O) groups excluding carboxylic acids is 2. The van der Waals surface area contributed by atoms with Crippen molar-refractivity contribution < 1.29 is 14.3 Å². The zero-order valence-electron chi connectivity index (χ0n) is 17.4. The van der Waals surface area contributed by atoms with Crippen molar-refractivity contribution in [1.82, 2.24) is 4.90 Å². The van der Waals surface area contributed by atoms with E-state index in [1.165, 1.54) is 6.42 Å². The fourth-order valence-electron chi connectivity index (χ4n) is 3.32. The molecule has 0 aromatic heterocycles. The average Bonchev–Trinajstić information content (AvgIpc) is 2.77. The lowest BCUT2D eigenvalue weighted by atomic mass is 10.1. The first-order valence-electron chi connectivity index (χ1n) is 10.3. The van der Waals surface area contributed by atoms with Crippen LogP contribution >= 0.6 is 0 Å². The standard InChI is InChI=1S/C24H29N3O3/c1-18(2)17-30-22-12-5-4-11-21(22)26-23(28)16-25-20-10-8-9-19(15-20)24(29)27-13-6-3-7-14-27/h4-5,8-12,15,25H,1,3,6-7,13-14,16-17H2,2H3,(H,26,28). The summed E-state index contributed by atoms with van der Waals surface area (Å²) in [5.41, 5.74) is 2.89. The Balaban J connectivity index is 1.56. The van der Waals surface area contributed by atoms with Crippen LogP contribution in [-0.2, 0) is 4.79 Å². The lowest BCUT2D eigenvalue weighted by Gasteiger charge is -2.26. The van der Waals surface area contributed by atoms with Crippen LogP contribution in [0.5, 0.6) is 5.75 Å². The van der Waals surface area contributed by atoms with E-state index in [0.29, 0.717) is 23.6 Å². The third kappa shape index (κ3) is 6.11. The second kappa shape index (κ2) is 10.5. The summed E-state index contributed by atoms with van der Waals surface area (Å²) in [4.78, 5) is 27.0. The Morgan fingerprint density at radius 1 is 1.07 bits per heavy atom. The van der Waals surface area contributed by atoms with Crippen LogP contribution in [0.15, 0.2) is 60.7 Å². The van der Waals surface area contributed by atoms with E-state index in [-0.39, 0.29) is 18.4 Å². The molecule has 0 bridgehead atoms. The highest BCUT2D eigenvalue weighted by molar-refractivity contribution is 5.96. The normalized spacial score (nSPS) is 13.4. The number of piperidine rings is 1. The van der Waals surface area contributed by atoms with Gasteiger partial charge in [-0.3, -0.25) is 9.59 Å². The summed E-state index contributed by atoms with van der Waals surface area (Å²) in [6.07, 6.45) is 3.30. The molecule has 0 radical (unpaired) electrons. The lowest BCUT2D eigenvalue weighted by molar-refractivity contribution is -0.114. The van der Waals surface area contributed by atoms with Gasteiger partial charge in [-0.05, 0) is 62.1 Å². The van der Waals surface area contributed by atoms with Crippen molar-refractivity contribution in [2.75, 3.05) is 36.9 Å². The van der Waals surface area contributed by atoms with Crippen LogP contribution in [0.2, 0.25) is 0 Å². The zero-order chi connectivity index (χ0) is 21.3. The molecule has 2 aromatic carbocycles. The van der Waals surface area contributed by atoms with Crippen LogP contribution in [-0.4, -0.2) is 43.0 Å². The highest BCUT2D eigenvalue weighted by Gasteiger charge is 2.18. The molecule has 3 rings (SSSR count). The molecule has 1 saturated heterocycles. The van der Waals surface area contributed by atoms with Gasteiger partial charge >= 0.3 is 0 Å². The predicted molar refractivity (Wildman–Crippen MR) is 120 cm³/mol. The maximum Gasteiger partial charge on any atom is 0.253 e. The largest absolute Gasteiger partial charge is 0.487 e. The van der Waals surface area contributed by atoms with Crippen LogP contribution in [0, 0.1) is 0 Å². The van der Waals surface area contributed by atoms with E-state index in [1.54, 1.807) is 12.1 Å². The Morgan fingerprint density at radius 2 is 1.83 bits per heavy atom. The molecule has 1 heterocycles. The van der Waals surface area contributed by atoms with Crippen molar-refractivity contribution in [1.29, 1.82) is 0 Å². The van der Waals surface area contributed by atoms with E-state index in [4.69, 9.17) is 4.74 Å². The highest BCUT2D eigenvalue weighted by Crippen LogP contribution is 2.24. The van der Waals surface area contributed by atoms with Crippen LogP contribution in [0.25, 0.3) is 0 Å².